The van der Waals surface area contributed by atoms with Crippen LogP contribution in [0.4, 0.5) is 0 Å². The molecule has 0 aromatic carbocycles. The minimum Gasteiger partial charge on any atom is -0.381 e. The van der Waals surface area contributed by atoms with Crippen LogP contribution in [-0.2, 0) is 4.74 Å². The van der Waals surface area contributed by atoms with Crippen LogP contribution in [0.2, 0.25) is 0 Å². The Morgan fingerprint density at radius 2 is 2.13 bits per heavy atom. The first-order valence-corrected chi connectivity index (χ1v) is 6.42. The topological polar surface area (TPSA) is 24.5 Å². The van der Waals surface area contributed by atoms with Crippen LogP contribution in [0.15, 0.2) is 0 Å². The largest absolute Gasteiger partial charge is 0.381 e. The molecule has 1 atom stereocenters. The summed E-state index contributed by atoms with van der Waals surface area (Å²) in [6.45, 7) is 9.13. The lowest BCUT2D eigenvalue weighted by molar-refractivity contribution is 0.0405. The Balaban J connectivity index is 1.79. The lowest BCUT2D eigenvalue weighted by atomic mass is 9.98. The molecule has 2 saturated heterocycles. The molecule has 15 heavy (non-hydrogen) atoms. The van der Waals surface area contributed by atoms with E-state index in [1.807, 2.05) is 0 Å². The minimum atomic E-state index is 0.765. The number of nitrogens with zero attached hydrogens (tertiary/aromatic N) is 1. The quantitative estimate of drug-likeness (QED) is 0.758. The molecule has 0 saturated carbocycles. The van der Waals surface area contributed by atoms with Gasteiger partial charge in [0, 0.05) is 45.4 Å². The predicted octanol–water partition coefficient (Wildman–Crippen LogP) is 1.10. The van der Waals surface area contributed by atoms with Gasteiger partial charge in [-0.3, -0.25) is 4.90 Å². The Labute approximate surface area is 93.2 Å². The van der Waals surface area contributed by atoms with Crippen LogP contribution >= 0.6 is 0 Å². The molecule has 0 bridgehead atoms. The lowest BCUT2D eigenvalue weighted by Gasteiger charge is -2.38. The van der Waals surface area contributed by atoms with Crippen molar-refractivity contribution >= 4 is 0 Å². The van der Waals surface area contributed by atoms with E-state index in [4.69, 9.17) is 4.74 Å². The maximum absolute atomic E-state index is 5.41. The van der Waals surface area contributed by atoms with Gasteiger partial charge >= 0.3 is 0 Å². The molecule has 0 aromatic rings. The highest BCUT2D eigenvalue weighted by Crippen LogP contribution is 2.18. The van der Waals surface area contributed by atoms with Crippen molar-refractivity contribution < 1.29 is 4.74 Å². The second kappa shape index (κ2) is 5.83. The molecule has 2 aliphatic heterocycles. The van der Waals surface area contributed by atoms with E-state index < -0.39 is 0 Å². The van der Waals surface area contributed by atoms with Crippen LogP contribution in [0.5, 0.6) is 0 Å². The summed E-state index contributed by atoms with van der Waals surface area (Å²) < 4.78 is 5.41. The Morgan fingerprint density at radius 3 is 2.87 bits per heavy atom. The molecule has 1 unspecified atom stereocenters. The van der Waals surface area contributed by atoms with Crippen molar-refractivity contribution in [1.82, 2.24) is 10.2 Å². The summed E-state index contributed by atoms with van der Waals surface area (Å²) in [6.07, 6.45) is 3.80. The smallest absolute Gasteiger partial charge is 0.0469 e. The third-order valence-electron chi connectivity index (χ3n) is 3.78. The molecular weight excluding hydrogens is 188 g/mol. The van der Waals surface area contributed by atoms with Gasteiger partial charge in [-0.25, -0.2) is 0 Å². The van der Waals surface area contributed by atoms with Gasteiger partial charge in [0.05, 0.1) is 0 Å². The molecule has 2 aliphatic rings. The summed E-state index contributed by atoms with van der Waals surface area (Å²) in [5.74, 6) is 0.880. The Morgan fingerprint density at radius 1 is 1.33 bits per heavy atom. The number of rotatable bonds is 3. The number of nitrogens with one attached hydrogen (secondary N) is 1. The molecule has 0 aromatic heterocycles. The van der Waals surface area contributed by atoms with Gasteiger partial charge in [0.25, 0.3) is 0 Å². The van der Waals surface area contributed by atoms with E-state index in [1.165, 1.54) is 45.4 Å². The zero-order chi connectivity index (χ0) is 10.5. The zero-order valence-electron chi connectivity index (χ0n) is 9.87. The molecule has 3 nitrogen and oxygen atoms in total. The van der Waals surface area contributed by atoms with Gasteiger partial charge in [0.1, 0.15) is 0 Å². The first-order chi connectivity index (χ1) is 7.40. The number of piperazine rings is 1. The van der Waals surface area contributed by atoms with Crippen LogP contribution < -0.4 is 5.32 Å². The minimum absolute atomic E-state index is 0.765. The van der Waals surface area contributed by atoms with Gasteiger partial charge in [0.15, 0.2) is 0 Å². The van der Waals surface area contributed by atoms with Crippen LogP contribution in [-0.4, -0.2) is 50.3 Å². The van der Waals surface area contributed by atoms with Crippen molar-refractivity contribution in [2.24, 2.45) is 5.92 Å². The summed E-state index contributed by atoms with van der Waals surface area (Å²) in [7, 11) is 0. The normalized spacial score (nSPS) is 30.6. The summed E-state index contributed by atoms with van der Waals surface area (Å²) in [5.41, 5.74) is 0. The molecule has 0 radical (unpaired) electrons. The molecule has 88 valence electrons. The fourth-order valence-electron chi connectivity index (χ4n) is 2.71. The third-order valence-corrected chi connectivity index (χ3v) is 3.78. The van der Waals surface area contributed by atoms with E-state index in [1.54, 1.807) is 0 Å². The first-order valence-electron chi connectivity index (χ1n) is 6.42. The highest BCUT2D eigenvalue weighted by atomic mass is 16.5. The maximum Gasteiger partial charge on any atom is 0.0469 e. The van der Waals surface area contributed by atoms with Gasteiger partial charge in [-0.15, -0.1) is 0 Å². The van der Waals surface area contributed by atoms with Crippen molar-refractivity contribution in [1.29, 1.82) is 0 Å². The SMILES string of the molecule is CCC1CNCCN1CC1CCOCC1. The molecule has 0 aliphatic carbocycles. The van der Waals surface area contributed by atoms with Crippen LogP contribution in [0.3, 0.4) is 0 Å². The monoisotopic (exact) mass is 212 g/mol. The van der Waals surface area contributed by atoms with E-state index in [9.17, 15) is 0 Å². The van der Waals surface area contributed by atoms with E-state index in [2.05, 4.69) is 17.1 Å². The zero-order valence-corrected chi connectivity index (χ0v) is 9.87. The maximum atomic E-state index is 5.41. The molecular formula is C12H24N2O. The summed E-state index contributed by atoms with van der Waals surface area (Å²) in [6, 6.07) is 0.765. The van der Waals surface area contributed by atoms with Crippen molar-refractivity contribution in [3.63, 3.8) is 0 Å². The summed E-state index contributed by atoms with van der Waals surface area (Å²) >= 11 is 0. The molecule has 0 amide bonds. The molecule has 0 spiro atoms. The van der Waals surface area contributed by atoms with Crippen molar-refractivity contribution in [3.05, 3.63) is 0 Å². The van der Waals surface area contributed by atoms with Gasteiger partial charge in [-0.1, -0.05) is 6.92 Å². The van der Waals surface area contributed by atoms with Crippen molar-refractivity contribution in [2.45, 2.75) is 32.2 Å². The summed E-state index contributed by atoms with van der Waals surface area (Å²) in [5, 5.41) is 3.49. The van der Waals surface area contributed by atoms with Gasteiger partial charge < -0.3 is 10.1 Å². The number of hydrogen-bond donors (Lipinski definition) is 1. The van der Waals surface area contributed by atoms with Crippen molar-refractivity contribution in [3.8, 4) is 0 Å². The standard InChI is InChI=1S/C12H24N2O/c1-2-12-9-13-5-6-14(12)10-11-3-7-15-8-4-11/h11-13H,2-10H2,1H3. The van der Waals surface area contributed by atoms with Gasteiger partial charge in [-0.2, -0.15) is 0 Å². The molecule has 3 heteroatoms. The Bertz CT molecular complexity index is 180. The average molecular weight is 212 g/mol. The Kier molecular flexibility index (Phi) is 4.42. The average Bonchev–Trinajstić information content (AvgIpc) is 2.31. The Hall–Kier alpha value is -0.120. The third kappa shape index (κ3) is 3.16. The second-order valence-corrected chi connectivity index (χ2v) is 4.82. The van der Waals surface area contributed by atoms with E-state index in [0.717, 1.165) is 25.2 Å². The second-order valence-electron chi connectivity index (χ2n) is 4.82. The summed E-state index contributed by atoms with van der Waals surface area (Å²) in [4.78, 5) is 2.69. The molecule has 2 fully saturated rings. The van der Waals surface area contributed by atoms with Crippen LogP contribution in [0.25, 0.3) is 0 Å². The van der Waals surface area contributed by atoms with Gasteiger partial charge in [-0.05, 0) is 25.2 Å². The van der Waals surface area contributed by atoms with Gasteiger partial charge in [0.2, 0.25) is 0 Å². The fraction of sp³-hybridized carbons (Fsp3) is 1.00. The van der Waals surface area contributed by atoms with Crippen LogP contribution in [0.1, 0.15) is 26.2 Å². The van der Waals surface area contributed by atoms with E-state index in [-0.39, 0.29) is 0 Å². The van der Waals surface area contributed by atoms with E-state index in [0.29, 0.717) is 0 Å². The highest BCUT2D eigenvalue weighted by molar-refractivity contribution is 4.81. The number of hydrogen-bond acceptors (Lipinski definition) is 3. The highest BCUT2D eigenvalue weighted by Gasteiger charge is 2.24. The molecule has 2 heterocycles. The predicted molar refractivity (Wildman–Crippen MR) is 62.1 cm³/mol. The molecule has 1 N–H and O–H groups in total. The van der Waals surface area contributed by atoms with Crippen LogP contribution in [0, 0.1) is 5.92 Å². The van der Waals surface area contributed by atoms with E-state index >= 15 is 0 Å². The van der Waals surface area contributed by atoms with Crippen molar-refractivity contribution in [2.75, 3.05) is 39.4 Å². The lowest BCUT2D eigenvalue weighted by Crippen LogP contribution is -2.52. The fourth-order valence-corrected chi connectivity index (χ4v) is 2.71. The number of ether oxygens (including phenoxy) is 1. The first kappa shape index (κ1) is 11.4. The molecule has 2 rings (SSSR count).